The van der Waals surface area contributed by atoms with Crippen molar-refractivity contribution in [1.82, 2.24) is 5.32 Å². The predicted molar refractivity (Wildman–Crippen MR) is 91.0 cm³/mol. The lowest BCUT2D eigenvalue weighted by Crippen LogP contribution is -2.48. The van der Waals surface area contributed by atoms with E-state index in [1.165, 1.54) is 14.2 Å². The second kappa shape index (κ2) is 7.09. The van der Waals surface area contributed by atoms with E-state index in [4.69, 9.17) is 9.47 Å². The first-order chi connectivity index (χ1) is 10.9. The van der Waals surface area contributed by atoms with Crippen LogP contribution in [0.4, 0.5) is 0 Å². The van der Waals surface area contributed by atoms with Crippen LogP contribution in [0.3, 0.4) is 0 Å². The third-order valence-electron chi connectivity index (χ3n) is 4.70. The minimum Gasteiger partial charge on any atom is -0.493 e. The smallest absolute Gasteiger partial charge is 0.184 e. The molecular weight excluding hydrogens is 314 g/mol. The quantitative estimate of drug-likeness (QED) is 0.862. The molecule has 1 atom stereocenters. The largest absolute Gasteiger partial charge is 0.493 e. The van der Waals surface area contributed by atoms with E-state index in [0.717, 1.165) is 31.2 Å². The first-order valence-electron chi connectivity index (χ1n) is 8.14. The Labute approximate surface area is 139 Å². The average molecular weight is 341 g/mol. The van der Waals surface area contributed by atoms with Crippen molar-refractivity contribution in [1.29, 1.82) is 0 Å². The summed E-state index contributed by atoms with van der Waals surface area (Å²) < 4.78 is 36.9. The summed E-state index contributed by atoms with van der Waals surface area (Å²) in [7, 11) is -0.472. The predicted octanol–water partition coefficient (Wildman–Crippen LogP) is 2.92. The van der Waals surface area contributed by atoms with Gasteiger partial charge >= 0.3 is 0 Å². The SMILES string of the molecule is CCCC[C@]1(CC)CS(=O)(=O)c2c(ccc(OC)c2OC)CN1. The molecule has 1 N–H and O–H groups in total. The fraction of sp³-hybridized carbons (Fsp3) is 0.647. The Hall–Kier alpha value is -1.27. The number of hydrogen-bond donors (Lipinski definition) is 1. The molecule has 130 valence electrons. The Morgan fingerprint density at radius 1 is 1.22 bits per heavy atom. The summed E-state index contributed by atoms with van der Waals surface area (Å²) in [5.41, 5.74) is 0.362. The van der Waals surface area contributed by atoms with E-state index in [1.54, 1.807) is 6.07 Å². The van der Waals surface area contributed by atoms with Gasteiger partial charge in [-0.05, 0) is 24.5 Å². The van der Waals surface area contributed by atoms with Crippen molar-refractivity contribution in [3.63, 3.8) is 0 Å². The van der Waals surface area contributed by atoms with Crippen LogP contribution in [0, 0.1) is 0 Å². The van der Waals surface area contributed by atoms with E-state index in [-0.39, 0.29) is 16.2 Å². The Kier molecular flexibility index (Phi) is 5.57. The Balaban J connectivity index is 2.55. The second-order valence-electron chi connectivity index (χ2n) is 6.14. The standard InChI is InChI=1S/C17H27NO4S/c1-5-7-10-17(6-2)12-23(19,20)16-13(11-18-17)8-9-14(21-3)15(16)22-4/h8-9,18H,5-7,10-12H2,1-4H3/t17-/m1/s1. The van der Waals surface area contributed by atoms with Gasteiger partial charge in [-0.2, -0.15) is 0 Å². The average Bonchev–Trinajstić information content (AvgIpc) is 2.66. The van der Waals surface area contributed by atoms with Crippen LogP contribution in [0.25, 0.3) is 0 Å². The van der Waals surface area contributed by atoms with E-state index in [2.05, 4.69) is 12.2 Å². The number of unbranched alkanes of at least 4 members (excludes halogenated alkanes) is 1. The highest BCUT2D eigenvalue weighted by atomic mass is 32.2. The van der Waals surface area contributed by atoms with Crippen LogP contribution in [0.15, 0.2) is 17.0 Å². The molecule has 23 heavy (non-hydrogen) atoms. The lowest BCUT2D eigenvalue weighted by Gasteiger charge is -2.32. The first kappa shape index (κ1) is 18.1. The van der Waals surface area contributed by atoms with Gasteiger partial charge in [0.2, 0.25) is 0 Å². The van der Waals surface area contributed by atoms with Crippen LogP contribution in [0.5, 0.6) is 11.5 Å². The van der Waals surface area contributed by atoms with E-state index in [0.29, 0.717) is 18.0 Å². The third-order valence-corrected chi connectivity index (χ3v) is 6.70. The Bertz CT molecular complexity index is 657. The minimum atomic E-state index is -3.47. The van der Waals surface area contributed by atoms with Crippen LogP contribution >= 0.6 is 0 Å². The molecule has 0 saturated carbocycles. The van der Waals surface area contributed by atoms with Crippen LogP contribution in [-0.4, -0.2) is 33.9 Å². The van der Waals surface area contributed by atoms with Gasteiger partial charge in [0.15, 0.2) is 21.3 Å². The highest BCUT2D eigenvalue weighted by molar-refractivity contribution is 7.91. The highest BCUT2D eigenvalue weighted by Gasteiger charge is 2.39. The number of ether oxygens (including phenoxy) is 2. The molecule has 0 bridgehead atoms. The number of hydrogen-bond acceptors (Lipinski definition) is 5. The van der Waals surface area contributed by atoms with Crippen molar-refractivity contribution >= 4 is 9.84 Å². The molecule has 0 amide bonds. The number of methoxy groups -OCH3 is 2. The number of benzene rings is 1. The van der Waals surface area contributed by atoms with Gasteiger partial charge in [-0.3, -0.25) is 0 Å². The monoisotopic (exact) mass is 341 g/mol. The minimum absolute atomic E-state index is 0.0903. The summed E-state index contributed by atoms with van der Waals surface area (Å²) in [5.74, 6) is 0.856. The van der Waals surface area contributed by atoms with Crippen molar-refractivity contribution in [2.75, 3.05) is 20.0 Å². The zero-order valence-corrected chi connectivity index (χ0v) is 15.3. The maximum atomic E-state index is 13.1. The molecule has 1 aliphatic heterocycles. The zero-order valence-electron chi connectivity index (χ0n) is 14.4. The molecule has 1 aromatic rings. The van der Waals surface area contributed by atoms with Crippen LogP contribution in [-0.2, 0) is 16.4 Å². The van der Waals surface area contributed by atoms with Gasteiger partial charge in [-0.25, -0.2) is 8.42 Å². The molecule has 1 aromatic carbocycles. The molecule has 2 rings (SSSR count). The van der Waals surface area contributed by atoms with Crippen LogP contribution in [0.1, 0.15) is 45.1 Å². The molecule has 5 nitrogen and oxygen atoms in total. The fourth-order valence-corrected chi connectivity index (χ4v) is 5.60. The molecule has 0 unspecified atom stereocenters. The van der Waals surface area contributed by atoms with Gasteiger partial charge in [-0.15, -0.1) is 0 Å². The summed E-state index contributed by atoms with van der Waals surface area (Å²) in [6.07, 6.45) is 3.69. The number of nitrogens with one attached hydrogen (secondary N) is 1. The second-order valence-corrected chi connectivity index (χ2v) is 8.07. The molecule has 0 radical (unpaired) electrons. The van der Waals surface area contributed by atoms with Gasteiger partial charge in [0.05, 0.1) is 20.0 Å². The maximum absolute atomic E-state index is 13.1. The summed E-state index contributed by atoms with van der Waals surface area (Å²) in [6, 6.07) is 3.58. The topological polar surface area (TPSA) is 64.6 Å². The fourth-order valence-electron chi connectivity index (χ4n) is 3.27. The van der Waals surface area contributed by atoms with Gasteiger partial charge in [0, 0.05) is 12.1 Å². The molecule has 1 heterocycles. The molecular formula is C17H27NO4S. The van der Waals surface area contributed by atoms with Gasteiger partial charge in [0.25, 0.3) is 0 Å². The van der Waals surface area contributed by atoms with Crippen LogP contribution in [0.2, 0.25) is 0 Å². The maximum Gasteiger partial charge on any atom is 0.184 e. The van der Waals surface area contributed by atoms with E-state index in [9.17, 15) is 8.42 Å². The highest BCUT2D eigenvalue weighted by Crippen LogP contribution is 2.40. The molecule has 6 heteroatoms. The van der Waals surface area contributed by atoms with Crippen molar-refractivity contribution in [2.24, 2.45) is 0 Å². The third kappa shape index (κ3) is 3.48. The summed E-state index contributed by atoms with van der Waals surface area (Å²) in [6.45, 7) is 4.69. The van der Waals surface area contributed by atoms with Crippen molar-refractivity contribution < 1.29 is 17.9 Å². The van der Waals surface area contributed by atoms with E-state index in [1.807, 2.05) is 13.0 Å². The van der Waals surface area contributed by atoms with Crippen molar-refractivity contribution in [3.8, 4) is 11.5 Å². The van der Waals surface area contributed by atoms with Gasteiger partial charge < -0.3 is 14.8 Å². The van der Waals surface area contributed by atoms with Gasteiger partial charge in [-0.1, -0.05) is 32.8 Å². The zero-order chi connectivity index (χ0) is 17.1. The van der Waals surface area contributed by atoms with Crippen LogP contribution < -0.4 is 14.8 Å². The summed E-state index contributed by atoms with van der Waals surface area (Å²) in [4.78, 5) is 0.277. The summed E-state index contributed by atoms with van der Waals surface area (Å²) >= 11 is 0. The molecule has 0 fully saturated rings. The Morgan fingerprint density at radius 2 is 1.96 bits per heavy atom. The van der Waals surface area contributed by atoms with E-state index < -0.39 is 9.84 Å². The number of fused-ring (bicyclic) bond motifs is 1. The van der Waals surface area contributed by atoms with Crippen molar-refractivity contribution in [2.45, 2.75) is 56.5 Å². The molecule has 0 spiro atoms. The lowest BCUT2D eigenvalue weighted by molar-refractivity contribution is 0.313. The summed E-state index contributed by atoms with van der Waals surface area (Å²) in [5, 5.41) is 3.50. The van der Waals surface area contributed by atoms with Crippen molar-refractivity contribution in [3.05, 3.63) is 17.7 Å². The van der Waals surface area contributed by atoms with Gasteiger partial charge in [0.1, 0.15) is 4.90 Å². The number of rotatable bonds is 6. The van der Waals surface area contributed by atoms with E-state index >= 15 is 0 Å². The molecule has 0 saturated heterocycles. The normalized spacial score (nSPS) is 23.0. The number of sulfone groups is 1. The molecule has 0 aromatic heterocycles. The lowest BCUT2D eigenvalue weighted by atomic mass is 9.91. The molecule has 1 aliphatic rings. The first-order valence-corrected chi connectivity index (χ1v) is 9.80. The molecule has 0 aliphatic carbocycles. The Morgan fingerprint density at radius 3 is 2.52 bits per heavy atom.